The second-order valence-corrected chi connectivity index (χ2v) is 7.64. The van der Waals surface area contributed by atoms with Gasteiger partial charge < -0.3 is 19.9 Å². The molecule has 30 heavy (non-hydrogen) atoms. The third-order valence-electron chi connectivity index (χ3n) is 4.63. The van der Waals surface area contributed by atoms with Gasteiger partial charge in [-0.15, -0.1) is 0 Å². The second kappa shape index (κ2) is 10.2. The summed E-state index contributed by atoms with van der Waals surface area (Å²) in [7, 11) is 0. The first-order valence-corrected chi connectivity index (χ1v) is 10.5. The molecule has 0 fully saturated rings. The number of nitrogens with one attached hydrogen (secondary N) is 1. The van der Waals surface area contributed by atoms with Crippen LogP contribution in [0.1, 0.15) is 34.0 Å². The highest BCUT2D eigenvalue weighted by Crippen LogP contribution is 2.37. The maximum absolute atomic E-state index is 11.0. The van der Waals surface area contributed by atoms with Gasteiger partial charge in [-0.05, 0) is 82.9 Å². The van der Waals surface area contributed by atoms with Crippen LogP contribution in [0.2, 0.25) is 0 Å². The zero-order chi connectivity index (χ0) is 21.5. The molecule has 0 aliphatic rings. The van der Waals surface area contributed by atoms with Gasteiger partial charge in [0.1, 0.15) is 6.61 Å². The molecule has 0 amide bonds. The van der Waals surface area contributed by atoms with Crippen molar-refractivity contribution in [2.45, 2.75) is 27.0 Å². The summed E-state index contributed by atoms with van der Waals surface area (Å²) in [5.74, 6) is 0.418. The van der Waals surface area contributed by atoms with Crippen molar-refractivity contribution in [3.05, 3.63) is 87.4 Å². The fraction of sp³-hybridized carbons (Fsp3) is 0.208. The van der Waals surface area contributed by atoms with E-state index in [4.69, 9.17) is 14.6 Å². The molecule has 156 valence electrons. The van der Waals surface area contributed by atoms with E-state index in [0.717, 1.165) is 21.3 Å². The first-order chi connectivity index (χ1) is 14.5. The Morgan fingerprint density at radius 1 is 1.07 bits per heavy atom. The van der Waals surface area contributed by atoms with Crippen LogP contribution in [0.25, 0.3) is 0 Å². The maximum Gasteiger partial charge on any atom is 0.335 e. The number of carbonyl (C=O) groups is 1. The fourth-order valence-corrected chi connectivity index (χ4v) is 3.59. The average Bonchev–Trinajstić information content (AvgIpc) is 2.73. The standard InChI is InChI=1S/C24H24BrNO4/c1-3-29-22-13-17(14-26-20-10-8-18(9-11-20)24(27)28)12-21(25)23(22)30-15-19-7-5-4-6-16(19)2/h4-13,26H,3,14-15H2,1-2H3,(H,27,28). The molecule has 0 spiro atoms. The van der Waals surface area contributed by atoms with E-state index in [-0.39, 0.29) is 5.56 Å². The first kappa shape index (κ1) is 21.7. The molecule has 3 rings (SSSR count). The number of anilines is 1. The number of hydrogen-bond donors (Lipinski definition) is 2. The van der Waals surface area contributed by atoms with Crippen molar-refractivity contribution in [1.29, 1.82) is 0 Å². The van der Waals surface area contributed by atoms with Gasteiger partial charge in [-0.3, -0.25) is 0 Å². The summed E-state index contributed by atoms with van der Waals surface area (Å²) in [5.41, 5.74) is 4.42. The molecular formula is C24H24BrNO4. The van der Waals surface area contributed by atoms with Crippen molar-refractivity contribution >= 4 is 27.6 Å². The highest BCUT2D eigenvalue weighted by Gasteiger charge is 2.13. The lowest BCUT2D eigenvalue weighted by molar-refractivity contribution is 0.0697. The molecule has 0 aliphatic heterocycles. The van der Waals surface area contributed by atoms with Gasteiger partial charge in [-0.1, -0.05) is 24.3 Å². The number of rotatable bonds is 9. The Balaban J connectivity index is 1.73. The SMILES string of the molecule is CCOc1cc(CNc2ccc(C(=O)O)cc2)cc(Br)c1OCc1ccccc1C. The fourth-order valence-electron chi connectivity index (χ4n) is 2.98. The molecular weight excluding hydrogens is 446 g/mol. The van der Waals surface area contributed by atoms with Gasteiger partial charge >= 0.3 is 5.97 Å². The molecule has 0 saturated heterocycles. The molecule has 3 aromatic carbocycles. The number of hydrogen-bond acceptors (Lipinski definition) is 4. The minimum atomic E-state index is -0.937. The van der Waals surface area contributed by atoms with E-state index < -0.39 is 5.97 Å². The lowest BCUT2D eigenvalue weighted by Gasteiger charge is -2.17. The minimum Gasteiger partial charge on any atom is -0.490 e. The summed E-state index contributed by atoms with van der Waals surface area (Å²) in [6.45, 7) is 5.55. The summed E-state index contributed by atoms with van der Waals surface area (Å²) in [6.07, 6.45) is 0. The number of halogens is 1. The maximum atomic E-state index is 11.0. The molecule has 0 heterocycles. The van der Waals surface area contributed by atoms with Gasteiger partial charge in [-0.25, -0.2) is 4.79 Å². The van der Waals surface area contributed by atoms with E-state index in [1.54, 1.807) is 24.3 Å². The second-order valence-electron chi connectivity index (χ2n) is 6.79. The number of aryl methyl sites for hydroxylation is 1. The van der Waals surface area contributed by atoms with Crippen molar-refractivity contribution in [1.82, 2.24) is 0 Å². The smallest absolute Gasteiger partial charge is 0.335 e. The van der Waals surface area contributed by atoms with Crippen LogP contribution in [0.5, 0.6) is 11.5 Å². The Kier molecular flexibility index (Phi) is 7.36. The van der Waals surface area contributed by atoms with Crippen LogP contribution < -0.4 is 14.8 Å². The van der Waals surface area contributed by atoms with Crippen LogP contribution in [0.15, 0.2) is 65.1 Å². The highest BCUT2D eigenvalue weighted by molar-refractivity contribution is 9.10. The van der Waals surface area contributed by atoms with Crippen molar-refractivity contribution in [3.8, 4) is 11.5 Å². The molecule has 0 atom stereocenters. The largest absolute Gasteiger partial charge is 0.490 e. The van der Waals surface area contributed by atoms with Crippen LogP contribution in [-0.2, 0) is 13.2 Å². The van der Waals surface area contributed by atoms with Crippen LogP contribution in [0.4, 0.5) is 5.69 Å². The van der Waals surface area contributed by atoms with Crippen LogP contribution in [0.3, 0.4) is 0 Å². The van der Waals surface area contributed by atoms with Gasteiger partial charge in [0.2, 0.25) is 0 Å². The van der Waals surface area contributed by atoms with Gasteiger partial charge in [0.25, 0.3) is 0 Å². The van der Waals surface area contributed by atoms with Gasteiger partial charge in [0.05, 0.1) is 16.6 Å². The Hall–Kier alpha value is -2.99. The predicted molar refractivity (Wildman–Crippen MR) is 122 cm³/mol. The number of carboxylic acid groups (broad SMARTS) is 1. The van der Waals surface area contributed by atoms with Crippen molar-refractivity contribution in [2.24, 2.45) is 0 Å². The molecule has 0 unspecified atom stereocenters. The minimum absolute atomic E-state index is 0.261. The van der Waals surface area contributed by atoms with E-state index in [1.807, 2.05) is 31.2 Å². The molecule has 2 N–H and O–H groups in total. The van der Waals surface area contributed by atoms with Crippen molar-refractivity contribution in [3.63, 3.8) is 0 Å². The van der Waals surface area contributed by atoms with E-state index in [2.05, 4.69) is 40.3 Å². The van der Waals surface area contributed by atoms with Crippen molar-refractivity contribution < 1.29 is 19.4 Å². The van der Waals surface area contributed by atoms with Gasteiger partial charge in [0.15, 0.2) is 11.5 Å². The summed E-state index contributed by atoms with van der Waals surface area (Å²) in [6, 6.07) is 18.7. The Morgan fingerprint density at radius 2 is 1.80 bits per heavy atom. The zero-order valence-corrected chi connectivity index (χ0v) is 18.5. The van der Waals surface area contributed by atoms with Crippen LogP contribution in [-0.4, -0.2) is 17.7 Å². The van der Waals surface area contributed by atoms with Gasteiger partial charge in [-0.2, -0.15) is 0 Å². The van der Waals surface area contributed by atoms with Crippen molar-refractivity contribution in [2.75, 3.05) is 11.9 Å². The summed E-state index contributed by atoms with van der Waals surface area (Å²) < 4.78 is 12.7. The first-order valence-electron chi connectivity index (χ1n) is 9.67. The van der Waals surface area contributed by atoms with E-state index in [0.29, 0.717) is 31.3 Å². The molecule has 5 nitrogen and oxygen atoms in total. The molecule has 0 radical (unpaired) electrons. The lowest BCUT2D eigenvalue weighted by atomic mass is 10.1. The van der Waals surface area contributed by atoms with E-state index in [9.17, 15) is 4.79 Å². The lowest BCUT2D eigenvalue weighted by Crippen LogP contribution is -2.05. The van der Waals surface area contributed by atoms with Gasteiger partial charge in [0, 0.05) is 12.2 Å². The molecule has 0 saturated carbocycles. The van der Waals surface area contributed by atoms with Crippen LogP contribution >= 0.6 is 15.9 Å². The summed E-state index contributed by atoms with van der Waals surface area (Å²) in [4.78, 5) is 11.0. The quantitative estimate of drug-likeness (QED) is 0.399. The zero-order valence-electron chi connectivity index (χ0n) is 16.9. The highest BCUT2D eigenvalue weighted by atomic mass is 79.9. The topological polar surface area (TPSA) is 67.8 Å². The molecule has 6 heteroatoms. The van der Waals surface area contributed by atoms with Crippen LogP contribution in [0, 0.1) is 6.92 Å². The van der Waals surface area contributed by atoms with E-state index >= 15 is 0 Å². The average molecular weight is 470 g/mol. The predicted octanol–water partition coefficient (Wildman–Crippen LogP) is 6.05. The normalized spacial score (nSPS) is 10.5. The Bertz CT molecular complexity index is 1020. The summed E-state index contributed by atoms with van der Waals surface area (Å²) in [5, 5.41) is 12.3. The van der Waals surface area contributed by atoms with E-state index in [1.165, 1.54) is 5.56 Å². The Morgan fingerprint density at radius 3 is 2.47 bits per heavy atom. The summed E-state index contributed by atoms with van der Waals surface area (Å²) >= 11 is 3.61. The number of aromatic carboxylic acids is 1. The molecule has 3 aromatic rings. The number of benzene rings is 3. The number of carboxylic acids is 1. The molecule has 0 aromatic heterocycles. The molecule has 0 aliphatic carbocycles. The third kappa shape index (κ3) is 5.54. The number of ether oxygens (including phenoxy) is 2. The Labute approximate surface area is 184 Å². The molecule has 0 bridgehead atoms. The third-order valence-corrected chi connectivity index (χ3v) is 5.22. The monoisotopic (exact) mass is 469 g/mol.